The third kappa shape index (κ3) is 3.65. The van der Waals surface area contributed by atoms with Crippen LogP contribution in [0.3, 0.4) is 0 Å². The van der Waals surface area contributed by atoms with Crippen molar-refractivity contribution in [2.45, 2.75) is 46.1 Å². The molecule has 1 aromatic heterocycles. The molecule has 3 rings (SSSR count). The number of nitrogens with zero attached hydrogens (tertiary/aromatic N) is 2. The maximum atomic E-state index is 12.9. The maximum absolute atomic E-state index is 12.9. The Balaban J connectivity index is 1.86. The highest BCUT2D eigenvalue weighted by molar-refractivity contribution is 5.87. The minimum absolute atomic E-state index is 0.00104. The van der Waals surface area contributed by atoms with E-state index in [4.69, 9.17) is 5.11 Å². The molecule has 25 heavy (non-hydrogen) atoms. The molecule has 1 atom stereocenters. The van der Waals surface area contributed by atoms with Gasteiger partial charge in [0.1, 0.15) is 0 Å². The van der Waals surface area contributed by atoms with Crippen LogP contribution in [0.4, 0.5) is 0 Å². The predicted octanol–water partition coefficient (Wildman–Crippen LogP) is 3.11. The molecule has 0 spiro atoms. The smallest absolute Gasteiger partial charge is 0.308 e. The van der Waals surface area contributed by atoms with Crippen LogP contribution in [0.15, 0.2) is 24.3 Å². The molecule has 1 aliphatic rings. The van der Waals surface area contributed by atoms with Gasteiger partial charge in [-0.1, -0.05) is 25.1 Å². The second kappa shape index (κ2) is 6.82. The SMILES string of the molecule is Cc1nc2ccccc2c(C)c1CC(=O)N(C[C@H](C)C(=O)O)C1CC1. The number of hydrogen-bond acceptors (Lipinski definition) is 3. The quantitative estimate of drug-likeness (QED) is 0.877. The van der Waals surface area contributed by atoms with Gasteiger partial charge >= 0.3 is 5.97 Å². The number of rotatable bonds is 6. The molecule has 132 valence electrons. The lowest BCUT2D eigenvalue weighted by atomic mass is 9.99. The first-order chi connectivity index (χ1) is 11.9. The number of pyridine rings is 1. The predicted molar refractivity (Wildman–Crippen MR) is 96.5 cm³/mol. The average Bonchev–Trinajstić information content (AvgIpc) is 3.40. The van der Waals surface area contributed by atoms with E-state index in [1.807, 2.05) is 38.1 Å². The Morgan fingerprint density at radius 2 is 1.96 bits per heavy atom. The molecule has 1 fully saturated rings. The molecule has 1 N–H and O–H groups in total. The molecule has 0 unspecified atom stereocenters. The Morgan fingerprint density at radius 3 is 2.60 bits per heavy atom. The number of fused-ring (bicyclic) bond motifs is 1. The van der Waals surface area contributed by atoms with Crippen LogP contribution in [0.25, 0.3) is 10.9 Å². The number of amides is 1. The van der Waals surface area contributed by atoms with Crippen molar-refractivity contribution in [1.29, 1.82) is 0 Å². The van der Waals surface area contributed by atoms with Crippen molar-refractivity contribution in [2.75, 3.05) is 6.54 Å². The molecule has 1 saturated carbocycles. The molecule has 5 heteroatoms. The average molecular weight is 340 g/mol. The zero-order chi connectivity index (χ0) is 18.1. The molecule has 1 amide bonds. The van der Waals surface area contributed by atoms with Gasteiger partial charge in [-0.25, -0.2) is 0 Å². The summed E-state index contributed by atoms with van der Waals surface area (Å²) in [5.74, 6) is -1.42. The fraction of sp³-hybridized carbons (Fsp3) is 0.450. The summed E-state index contributed by atoms with van der Waals surface area (Å²) in [6.45, 7) is 5.89. The fourth-order valence-corrected chi connectivity index (χ4v) is 3.30. The van der Waals surface area contributed by atoms with Crippen LogP contribution >= 0.6 is 0 Å². The van der Waals surface area contributed by atoms with E-state index < -0.39 is 11.9 Å². The Kier molecular flexibility index (Phi) is 4.75. The Morgan fingerprint density at radius 1 is 1.28 bits per heavy atom. The number of aromatic nitrogens is 1. The number of hydrogen-bond donors (Lipinski definition) is 1. The molecule has 0 bridgehead atoms. The number of aliphatic carboxylic acids is 1. The number of carboxylic acid groups (broad SMARTS) is 1. The summed E-state index contributed by atoms with van der Waals surface area (Å²) in [6, 6.07) is 8.13. The molecular formula is C20H24N2O3. The van der Waals surface area contributed by atoms with Gasteiger partial charge in [-0.2, -0.15) is 0 Å². The van der Waals surface area contributed by atoms with Crippen LogP contribution in [0.2, 0.25) is 0 Å². The van der Waals surface area contributed by atoms with Gasteiger partial charge in [0.2, 0.25) is 5.91 Å². The van der Waals surface area contributed by atoms with Crippen LogP contribution < -0.4 is 0 Å². The summed E-state index contributed by atoms with van der Waals surface area (Å²) in [7, 11) is 0. The monoisotopic (exact) mass is 340 g/mol. The number of carbonyl (C=O) groups excluding carboxylic acids is 1. The van der Waals surface area contributed by atoms with Crippen LogP contribution in [0, 0.1) is 19.8 Å². The van der Waals surface area contributed by atoms with Gasteiger partial charge < -0.3 is 10.0 Å². The fourth-order valence-electron chi connectivity index (χ4n) is 3.30. The highest BCUT2D eigenvalue weighted by Gasteiger charge is 2.34. The standard InChI is InChI=1S/C20H24N2O3/c1-12(20(24)25)11-22(15-8-9-15)19(23)10-17-13(2)16-6-4-5-7-18(16)21-14(17)3/h4-7,12,15H,8-11H2,1-3H3,(H,24,25)/t12-/m0/s1. The van der Waals surface area contributed by atoms with Crippen LogP contribution in [0.5, 0.6) is 0 Å². The molecule has 1 aliphatic carbocycles. The lowest BCUT2D eigenvalue weighted by molar-refractivity contribution is -0.143. The molecule has 0 saturated heterocycles. The van der Waals surface area contributed by atoms with Gasteiger partial charge in [0.25, 0.3) is 0 Å². The normalized spacial score (nSPS) is 15.2. The summed E-state index contributed by atoms with van der Waals surface area (Å²) in [6.07, 6.45) is 2.20. The minimum Gasteiger partial charge on any atom is -0.481 e. The van der Waals surface area contributed by atoms with Crippen molar-refractivity contribution in [2.24, 2.45) is 5.92 Å². The van der Waals surface area contributed by atoms with Crippen molar-refractivity contribution >= 4 is 22.8 Å². The first-order valence-electron chi connectivity index (χ1n) is 8.75. The van der Waals surface area contributed by atoms with E-state index in [-0.39, 0.29) is 24.9 Å². The van der Waals surface area contributed by atoms with E-state index in [1.54, 1.807) is 11.8 Å². The largest absolute Gasteiger partial charge is 0.481 e. The second-order valence-corrected chi connectivity index (χ2v) is 7.01. The van der Waals surface area contributed by atoms with Crippen molar-refractivity contribution in [3.63, 3.8) is 0 Å². The zero-order valence-electron chi connectivity index (χ0n) is 15.0. The van der Waals surface area contributed by atoms with E-state index in [1.165, 1.54) is 0 Å². The maximum Gasteiger partial charge on any atom is 0.308 e. The summed E-state index contributed by atoms with van der Waals surface area (Å²) in [5, 5.41) is 10.2. The zero-order valence-corrected chi connectivity index (χ0v) is 15.0. The van der Waals surface area contributed by atoms with Crippen molar-refractivity contribution in [1.82, 2.24) is 9.88 Å². The summed E-state index contributed by atoms with van der Waals surface area (Å²) >= 11 is 0. The molecule has 5 nitrogen and oxygen atoms in total. The first-order valence-corrected chi connectivity index (χ1v) is 8.75. The summed E-state index contributed by atoms with van der Waals surface area (Å²) in [4.78, 5) is 30.5. The van der Waals surface area contributed by atoms with Crippen LogP contribution in [-0.2, 0) is 16.0 Å². The molecular weight excluding hydrogens is 316 g/mol. The summed E-state index contributed by atoms with van der Waals surface area (Å²) in [5.41, 5.74) is 3.84. The van der Waals surface area contributed by atoms with Gasteiger partial charge in [0.15, 0.2) is 0 Å². The van der Waals surface area contributed by atoms with Gasteiger partial charge in [0.05, 0.1) is 17.9 Å². The Bertz CT molecular complexity index is 827. The van der Waals surface area contributed by atoms with Crippen molar-refractivity contribution in [3.8, 4) is 0 Å². The molecule has 2 aromatic rings. The third-order valence-electron chi connectivity index (χ3n) is 5.01. The Labute approximate surface area is 147 Å². The highest BCUT2D eigenvalue weighted by atomic mass is 16.4. The molecule has 0 radical (unpaired) electrons. The van der Waals surface area contributed by atoms with Crippen LogP contribution in [0.1, 0.15) is 36.6 Å². The van der Waals surface area contributed by atoms with E-state index >= 15 is 0 Å². The molecule has 1 heterocycles. The van der Waals surface area contributed by atoms with Gasteiger partial charge in [-0.15, -0.1) is 0 Å². The minimum atomic E-state index is -0.863. The number of carboxylic acids is 1. The van der Waals surface area contributed by atoms with E-state index in [2.05, 4.69) is 4.98 Å². The number of para-hydroxylation sites is 1. The summed E-state index contributed by atoms with van der Waals surface area (Å²) < 4.78 is 0. The van der Waals surface area contributed by atoms with Crippen molar-refractivity contribution in [3.05, 3.63) is 41.1 Å². The molecule has 0 aliphatic heterocycles. The molecule has 1 aromatic carbocycles. The van der Waals surface area contributed by atoms with Gasteiger partial charge in [-0.3, -0.25) is 14.6 Å². The number of benzene rings is 1. The van der Waals surface area contributed by atoms with E-state index in [0.29, 0.717) is 0 Å². The van der Waals surface area contributed by atoms with Crippen molar-refractivity contribution < 1.29 is 14.7 Å². The lowest BCUT2D eigenvalue weighted by Gasteiger charge is -2.25. The lowest BCUT2D eigenvalue weighted by Crippen LogP contribution is -2.39. The van der Waals surface area contributed by atoms with E-state index in [9.17, 15) is 9.59 Å². The topological polar surface area (TPSA) is 70.5 Å². The third-order valence-corrected chi connectivity index (χ3v) is 5.01. The van der Waals surface area contributed by atoms with Crippen LogP contribution in [-0.4, -0.2) is 39.5 Å². The Hall–Kier alpha value is -2.43. The number of aryl methyl sites for hydroxylation is 2. The first kappa shape index (κ1) is 17.4. The second-order valence-electron chi connectivity index (χ2n) is 7.01. The van der Waals surface area contributed by atoms with Gasteiger partial charge in [0, 0.05) is 23.7 Å². The number of carbonyl (C=O) groups is 2. The van der Waals surface area contributed by atoms with E-state index in [0.717, 1.165) is 40.6 Å². The highest BCUT2D eigenvalue weighted by Crippen LogP contribution is 2.29. The van der Waals surface area contributed by atoms with Gasteiger partial charge in [-0.05, 0) is 43.9 Å².